The third kappa shape index (κ3) is 5.55. The Labute approximate surface area is 243 Å². The fourth-order valence-electron chi connectivity index (χ4n) is 5.93. The number of ketones is 2. The summed E-state index contributed by atoms with van der Waals surface area (Å²) in [7, 11) is 0. The molecule has 1 heterocycles. The lowest BCUT2D eigenvalue weighted by molar-refractivity contribution is -0.120. The average molecular weight is 614 g/mol. The minimum absolute atomic E-state index is 0.0311. The van der Waals surface area contributed by atoms with Gasteiger partial charge in [-0.25, -0.2) is 0 Å². The van der Waals surface area contributed by atoms with Gasteiger partial charge in [0.15, 0.2) is 23.1 Å². The molecule has 5 nitrogen and oxygen atoms in total. The van der Waals surface area contributed by atoms with Gasteiger partial charge in [0, 0.05) is 53.3 Å². The summed E-state index contributed by atoms with van der Waals surface area (Å²) in [6.07, 6.45) is 2.11. The normalized spacial score (nSPS) is 20.4. The second-order valence-corrected chi connectivity index (χ2v) is 13.5. The molecule has 2 aromatic carbocycles. The van der Waals surface area contributed by atoms with E-state index < -0.39 is 5.92 Å². The van der Waals surface area contributed by atoms with Crippen molar-refractivity contribution < 1.29 is 23.8 Å². The zero-order valence-corrected chi connectivity index (χ0v) is 25.4. The van der Waals surface area contributed by atoms with Crippen molar-refractivity contribution in [2.24, 2.45) is 10.8 Å². The Morgan fingerprint density at radius 1 is 0.923 bits per heavy atom. The van der Waals surface area contributed by atoms with Gasteiger partial charge in [0.05, 0.1) is 11.1 Å². The van der Waals surface area contributed by atoms with E-state index >= 15 is 0 Å². The minimum Gasteiger partial charge on any atom is -0.490 e. The van der Waals surface area contributed by atoms with Gasteiger partial charge in [0.25, 0.3) is 0 Å². The SMILES string of the molecule is CCOc1cc(C2C3=C(CC(C)(C)CC3=O)OC3=C2C(=O)CC(C)(C)C3)cc(Br)c1OCc1ccccc1Cl. The molecule has 206 valence electrons. The summed E-state index contributed by atoms with van der Waals surface area (Å²) >= 11 is 10.0. The van der Waals surface area contributed by atoms with Crippen molar-refractivity contribution in [2.45, 2.75) is 72.8 Å². The van der Waals surface area contributed by atoms with Gasteiger partial charge in [-0.3, -0.25) is 9.59 Å². The van der Waals surface area contributed by atoms with Gasteiger partial charge in [0.2, 0.25) is 0 Å². The first-order chi connectivity index (χ1) is 18.4. The number of carbonyl (C=O) groups is 2. The lowest BCUT2D eigenvalue weighted by Crippen LogP contribution is -2.37. The topological polar surface area (TPSA) is 61.8 Å². The highest BCUT2D eigenvalue weighted by atomic mass is 79.9. The zero-order valence-electron chi connectivity index (χ0n) is 23.1. The van der Waals surface area contributed by atoms with Gasteiger partial charge in [-0.15, -0.1) is 0 Å². The summed E-state index contributed by atoms with van der Waals surface area (Å²) in [6, 6.07) is 11.4. The molecule has 3 aliphatic rings. The first kappa shape index (κ1) is 28.0. The summed E-state index contributed by atoms with van der Waals surface area (Å²) in [5, 5.41) is 0.627. The van der Waals surface area contributed by atoms with E-state index in [1.807, 2.05) is 43.3 Å². The number of benzene rings is 2. The second-order valence-electron chi connectivity index (χ2n) is 12.2. The number of allylic oxidation sites excluding steroid dienone is 4. The smallest absolute Gasteiger partial charge is 0.175 e. The highest BCUT2D eigenvalue weighted by Crippen LogP contribution is 2.54. The van der Waals surface area contributed by atoms with Crippen molar-refractivity contribution in [1.82, 2.24) is 0 Å². The molecule has 7 heteroatoms. The van der Waals surface area contributed by atoms with Crippen LogP contribution in [0.15, 0.2) is 63.5 Å². The zero-order chi connectivity index (χ0) is 28.1. The Hall–Kier alpha value is -2.57. The van der Waals surface area contributed by atoms with Crippen molar-refractivity contribution in [1.29, 1.82) is 0 Å². The van der Waals surface area contributed by atoms with E-state index in [1.165, 1.54) is 0 Å². The molecule has 0 aromatic heterocycles. The van der Waals surface area contributed by atoms with Gasteiger partial charge in [-0.05, 0) is 57.4 Å². The molecule has 0 saturated heterocycles. The molecule has 0 unspecified atom stereocenters. The van der Waals surface area contributed by atoms with E-state index in [2.05, 4.69) is 43.6 Å². The third-order valence-electron chi connectivity index (χ3n) is 7.58. The summed E-state index contributed by atoms with van der Waals surface area (Å²) in [5.41, 5.74) is 2.44. The molecule has 5 rings (SSSR count). The van der Waals surface area contributed by atoms with Crippen LogP contribution in [0.5, 0.6) is 11.5 Å². The quantitative estimate of drug-likeness (QED) is 0.327. The number of ether oxygens (including phenoxy) is 3. The van der Waals surface area contributed by atoms with Crippen molar-refractivity contribution in [3.05, 3.63) is 79.7 Å². The number of Topliss-reactive ketones (excluding diaryl/α,β-unsaturated/α-hetero) is 2. The van der Waals surface area contributed by atoms with Crippen LogP contribution in [-0.4, -0.2) is 18.2 Å². The molecule has 2 aliphatic carbocycles. The molecule has 0 bridgehead atoms. The molecule has 0 fully saturated rings. The van der Waals surface area contributed by atoms with Crippen LogP contribution in [0.4, 0.5) is 0 Å². The van der Waals surface area contributed by atoms with Gasteiger partial charge in [0.1, 0.15) is 18.1 Å². The monoisotopic (exact) mass is 612 g/mol. The van der Waals surface area contributed by atoms with E-state index in [0.29, 0.717) is 75.9 Å². The van der Waals surface area contributed by atoms with Crippen molar-refractivity contribution in [3.63, 3.8) is 0 Å². The average Bonchev–Trinajstić information content (AvgIpc) is 2.81. The molecule has 0 spiro atoms. The first-order valence-corrected chi connectivity index (χ1v) is 14.6. The molecule has 0 saturated carbocycles. The molecule has 0 N–H and O–H groups in total. The second kappa shape index (κ2) is 10.4. The third-order valence-corrected chi connectivity index (χ3v) is 8.53. The van der Waals surface area contributed by atoms with Crippen LogP contribution in [-0.2, 0) is 20.9 Å². The maximum absolute atomic E-state index is 13.6. The van der Waals surface area contributed by atoms with Gasteiger partial charge in [-0.2, -0.15) is 0 Å². The highest BCUT2D eigenvalue weighted by molar-refractivity contribution is 9.10. The van der Waals surface area contributed by atoms with Crippen molar-refractivity contribution in [2.75, 3.05) is 6.61 Å². The van der Waals surface area contributed by atoms with Crippen LogP contribution in [0.3, 0.4) is 0 Å². The summed E-state index contributed by atoms with van der Waals surface area (Å²) in [6.45, 7) is 10.9. The fraction of sp³-hybridized carbons (Fsp3) is 0.438. The lowest BCUT2D eigenvalue weighted by atomic mass is 9.65. The van der Waals surface area contributed by atoms with Crippen LogP contribution in [0.2, 0.25) is 5.02 Å². The largest absolute Gasteiger partial charge is 0.490 e. The van der Waals surface area contributed by atoms with Gasteiger partial charge >= 0.3 is 0 Å². The highest BCUT2D eigenvalue weighted by Gasteiger charge is 2.48. The maximum atomic E-state index is 13.6. The predicted molar refractivity (Wildman–Crippen MR) is 155 cm³/mol. The molecular weight excluding hydrogens is 580 g/mol. The minimum atomic E-state index is -0.510. The van der Waals surface area contributed by atoms with Crippen molar-refractivity contribution >= 4 is 39.1 Å². The van der Waals surface area contributed by atoms with Crippen LogP contribution in [0.1, 0.15) is 77.3 Å². The molecule has 39 heavy (non-hydrogen) atoms. The Morgan fingerprint density at radius 2 is 1.51 bits per heavy atom. The van der Waals surface area contributed by atoms with E-state index in [0.717, 1.165) is 11.1 Å². The lowest BCUT2D eigenvalue weighted by Gasteiger charge is -2.42. The Morgan fingerprint density at radius 3 is 2.08 bits per heavy atom. The van der Waals surface area contributed by atoms with Crippen LogP contribution in [0.25, 0.3) is 0 Å². The van der Waals surface area contributed by atoms with E-state index in [-0.39, 0.29) is 29.0 Å². The summed E-state index contributed by atoms with van der Waals surface area (Å²) in [4.78, 5) is 27.3. The van der Waals surface area contributed by atoms with Crippen LogP contribution < -0.4 is 9.47 Å². The summed E-state index contributed by atoms with van der Waals surface area (Å²) < 4.78 is 19.3. The Kier molecular flexibility index (Phi) is 7.49. The molecule has 2 aromatic rings. The van der Waals surface area contributed by atoms with Crippen LogP contribution >= 0.6 is 27.5 Å². The number of carbonyl (C=O) groups excluding carboxylic acids is 2. The number of halogens is 2. The van der Waals surface area contributed by atoms with Crippen LogP contribution in [0, 0.1) is 10.8 Å². The fourth-order valence-corrected chi connectivity index (χ4v) is 6.70. The van der Waals surface area contributed by atoms with E-state index in [9.17, 15) is 9.59 Å². The predicted octanol–water partition coefficient (Wildman–Crippen LogP) is 8.48. The molecule has 0 atom stereocenters. The van der Waals surface area contributed by atoms with Crippen molar-refractivity contribution in [3.8, 4) is 11.5 Å². The number of rotatable bonds is 6. The van der Waals surface area contributed by atoms with E-state index in [1.54, 1.807) is 0 Å². The number of hydrogen-bond donors (Lipinski definition) is 0. The van der Waals surface area contributed by atoms with Gasteiger partial charge < -0.3 is 14.2 Å². The Balaban J connectivity index is 1.62. The molecular formula is C32H34BrClO5. The first-order valence-electron chi connectivity index (χ1n) is 13.4. The Bertz CT molecular complexity index is 1370. The molecule has 1 aliphatic heterocycles. The standard InChI is InChI=1S/C32H34BrClO5/c1-6-37-24-12-19(11-20(33)30(24)38-17-18-9-7-8-10-21(18)34)27-28-22(35)13-31(2,3)15-25(28)39-26-16-32(4,5)14-23(36)29(26)27/h7-12,27H,6,13-17H2,1-5H3. The van der Waals surface area contributed by atoms with E-state index in [4.69, 9.17) is 25.8 Å². The van der Waals surface area contributed by atoms with Gasteiger partial charge in [-0.1, -0.05) is 57.5 Å². The maximum Gasteiger partial charge on any atom is 0.175 e. The molecule has 0 radical (unpaired) electrons. The molecule has 0 amide bonds. The summed E-state index contributed by atoms with van der Waals surface area (Å²) in [5.74, 6) is 2.02. The number of hydrogen-bond acceptors (Lipinski definition) is 5.